The smallest absolute Gasteiger partial charge is 0.270 e. The first-order valence-corrected chi connectivity index (χ1v) is 11.4. The van der Waals surface area contributed by atoms with Gasteiger partial charge >= 0.3 is 0 Å². The number of carbonyl (C=O) groups excluding carboxylic acids is 1. The van der Waals surface area contributed by atoms with Crippen LogP contribution >= 0.6 is 0 Å². The number of anilines is 1. The Hall–Kier alpha value is -2.19. The normalized spacial score (nSPS) is 16.7. The lowest BCUT2D eigenvalue weighted by atomic mass is 9.82. The predicted octanol–water partition coefficient (Wildman–Crippen LogP) is 2.28. The summed E-state index contributed by atoms with van der Waals surface area (Å²) in [6, 6.07) is 9.47. The van der Waals surface area contributed by atoms with Gasteiger partial charge in [-0.15, -0.1) is 0 Å². The first-order valence-electron chi connectivity index (χ1n) is 9.53. The monoisotopic (exact) mass is 404 g/mol. The van der Waals surface area contributed by atoms with Gasteiger partial charge < -0.3 is 10.2 Å². The second-order valence-electron chi connectivity index (χ2n) is 7.84. The van der Waals surface area contributed by atoms with Gasteiger partial charge in [-0.25, -0.2) is 18.1 Å². The van der Waals surface area contributed by atoms with E-state index in [1.165, 1.54) is 6.26 Å². The highest BCUT2D eigenvalue weighted by atomic mass is 32.2. The van der Waals surface area contributed by atoms with Gasteiger partial charge in [0.25, 0.3) is 5.91 Å². The van der Waals surface area contributed by atoms with Crippen molar-refractivity contribution in [2.45, 2.75) is 37.6 Å². The lowest BCUT2D eigenvalue weighted by molar-refractivity contribution is 0.0929. The molecule has 0 saturated heterocycles. The molecule has 1 saturated carbocycles. The zero-order valence-electron chi connectivity index (χ0n) is 16.7. The third-order valence-corrected chi connectivity index (χ3v) is 6.01. The van der Waals surface area contributed by atoms with Crippen molar-refractivity contribution < 1.29 is 13.2 Å². The molecule has 1 fully saturated rings. The number of sulfonamides is 1. The number of nitrogens with one attached hydrogen (secondary N) is 2. The Morgan fingerprint density at radius 1 is 1.18 bits per heavy atom. The minimum absolute atomic E-state index is 0.255. The standard InChI is InChI=1S/C20H28N4O3S/c1-24(2)18-13-17(22-16-10-6-5-9-15(16)18)19(25)21-14-20(23-28(3,26)27)11-7-4-8-12-20/h5-6,9-10,13,23H,4,7-8,11-12,14H2,1-3H3,(H,21,25). The zero-order valence-corrected chi connectivity index (χ0v) is 17.5. The molecule has 1 heterocycles. The molecule has 152 valence electrons. The van der Waals surface area contributed by atoms with E-state index in [9.17, 15) is 13.2 Å². The second kappa shape index (κ2) is 8.05. The lowest BCUT2D eigenvalue weighted by Crippen LogP contribution is -2.56. The molecule has 1 amide bonds. The molecule has 0 spiro atoms. The number of benzene rings is 1. The Labute approximate surface area is 166 Å². The van der Waals surface area contributed by atoms with Crippen LogP contribution in [0, 0.1) is 0 Å². The molecule has 1 aromatic heterocycles. The Kier molecular flexibility index (Phi) is 5.90. The number of hydrogen-bond donors (Lipinski definition) is 2. The van der Waals surface area contributed by atoms with Crippen molar-refractivity contribution in [3.63, 3.8) is 0 Å². The van der Waals surface area contributed by atoms with Crippen molar-refractivity contribution in [2.24, 2.45) is 0 Å². The maximum atomic E-state index is 12.8. The molecule has 28 heavy (non-hydrogen) atoms. The van der Waals surface area contributed by atoms with Gasteiger partial charge in [0.2, 0.25) is 10.0 Å². The molecular formula is C20H28N4O3S. The highest BCUT2D eigenvalue weighted by molar-refractivity contribution is 7.88. The summed E-state index contributed by atoms with van der Waals surface area (Å²) in [7, 11) is 0.489. The van der Waals surface area contributed by atoms with Crippen molar-refractivity contribution in [2.75, 3.05) is 31.8 Å². The largest absolute Gasteiger partial charge is 0.377 e. The van der Waals surface area contributed by atoms with E-state index in [1.807, 2.05) is 43.3 Å². The summed E-state index contributed by atoms with van der Waals surface area (Å²) in [4.78, 5) is 19.3. The van der Waals surface area contributed by atoms with Crippen LogP contribution in [0.2, 0.25) is 0 Å². The van der Waals surface area contributed by atoms with E-state index >= 15 is 0 Å². The Bertz CT molecular complexity index is 967. The minimum Gasteiger partial charge on any atom is -0.377 e. The van der Waals surface area contributed by atoms with Gasteiger partial charge in [0.15, 0.2) is 0 Å². The van der Waals surface area contributed by atoms with E-state index in [-0.39, 0.29) is 12.5 Å². The van der Waals surface area contributed by atoms with Crippen molar-refractivity contribution in [1.82, 2.24) is 15.0 Å². The predicted molar refractivity (Wildman–Crippen MR) is 112 cm³/mol. The van der Waals surface area contributed by atoms with Crippen LogP contribution in [-0.2, 0) is 10.0 Å². The van der Waals surface area contributed by atoms with Crippen LogP contribution in [0.5, 0.6) is 0 Å². The van der Waals surface area contributed by atoms with Crippen molar-refractivity contribution in [1.29, 1.82) is 0 Å². The molecule has 1 aromatic carbocycles. The molecule has 1 aliphatic rings. The minimum atomic E-state index is -3.37. The number of amides is 1. The maximum Gasteiger partial charge on any atom is 0.270 e. The zero-order chi connectivity index (χ0) is 20.4. The average molecular weight is 405 g/mol. The van der Waals surface area contributed by atoms with Gasteiger partial charge in [-0.2, -0.15) is 0 Å². The number of hydrogen-bond acceptors (Lipinski definition) is 5. The van der Waals surface area contributed by atoms with Crippen LogP contribution in [0.15, 0.2) is 30.3 Å². The van der Waals surface area contributed by atoms with E-state index < -0.39 is 15.6 Å². The summed E-state index contributed by atoms with van der Waals surface area (Å²) in [6.07, 6.45) is 5.57. The van der Waals surface area contributed by atoms with E-state index in [0.29, 0.717) is 18.5 Å². The summed E-state index contributed by atoms with van der Waals surface area (Å²) < 4.78 is 26.5. The van der Waals surface area contributed by atoms with Crippen LogP contribution in [-0.4, -0.2) is 51.7 Å². The SMILES string of the molecule is CN(C)c1cc(C(=O)NCC2(NS(C)(=O)=O)CCCCC2)nc2ccccc12. The quantitative estimate of drug-likeness (QED) is 0.771. The van der Waals surface area contributed by atoms with Crippen molar-refractivity contribution in [3.05, 3.63) is 36.0 Å². The Balaban J connectivity index is 1.84. The molecule has 1 aliphatic carbocycles. The Morgan fingerprint density at radius 3 is 2.50 bits per heavy atom. The third-order valence-electron chi connectivity index (χ3n) is 5.21. The summed E-state index contributed by atoms with van der Waals surface area (Å²) in [6.45, 7) is 0.255. The van der Waals surface area contributed by atoms with Gasteiger partial charge in [-0.05, 0) is 25.0 Å². The van der Waals surface area contributed by atoms with Gasteiger partial charge in [0.05, 0.1) is 17.3 Å². The summed E-state index contributed by atoms with van der Waals surface area (Å²) in [5, 5.41) is 3.89. The number of pyridine rings is 1. The molecule has 7 nitrogen and oxygen atoms in total. The van der Waals surface area contributed by atoms with E-state index in [1.54, 1.807) is 6.07 Å². The second-order valence-corrected chi connectivity index (χ2v) is 9.58. The molecule has 0 bridgehead atoms. The molecule has 3 rings (SSSR count). The first-order chi connectivity index (χ1) is 13.2. The first kappa shape index (κ1) is 20.5. The molecule has 0 unspecified atom stereocenters. The summed E-state index contributed by atoms with van der Waals surface area (Å²) in [5.41, 5.74) is 1.37. The van der Waals surface area contributed by atoms with Gasteiger partial charge in [0.1, 0.15) is 5.69 Å². The van der Waals surface area contributed by atoms with Crippen LogP contribution in [0.3, 0.4) is 0 Å². The molecule has 0 atom stereocenters. The number of fused-ring (bicyclic) bond motifs is 1. The van der Waals surface area contributed by atoms with Crippen LogP contribution in [0.25, 0.3) is 10.9 Å². The third kappa shape index (κ3) is 4.80. The molecule has 2 N–H and O–H groups in total. The molecule has 2 aromatic rings. The number of nitrogens with zero attached hydrogens (tertiary/aromatic N) is 2. The van der Waals surface area contributed by atoms with Crippen LogP contribution in [0.4, 0.5) is 5.69 Å². The Morgan fingerprint density at radius 2 is 1.86 bits per heavy atom. The van der Waals surface area contributed by atoms with Crippen LogP contribution in [0.1, 0.15) is 42.6 Å². The maximum absolute atomic E-state index is 12.8. The summed E-state index contributed by atoms with van der Waals surface area (Å²) in [5.74, 6) is -0.297. The fourth-order valence-corrected chi connectivity index (χ4v) is 4.98. The highest BCUT2D eigenvalue weighted by Gasteiger charge is 2.35. The number of rotatable bonds is 6. The van der Waals surface area contributed by atoms with Crippen molar-refractivity contribution >= 4 is 32.5 Å². The fraction of sp³-hybridized carbons (Fsp3) is 0.500. The van der Waals surface area contributed by atoms with E-state index in [2.05, 4.69) is 15.0 Å². The van der Waals surface area contributed by atoms with Gasteiger partial charge in [-0.3, -0.25) is 4.79 Å². The average Bonchev–Trinajstić information content (AvgIpc) is 2.64. The molecule has 0 aliphatic heterocycles. The van der Waals surface area contributed by atoms with E-state index in [0.717, 1.165) is 35.9 Å². The number of carbonyl (C=O) groups is 1. The fourth-order valence-electron chi connectivity index (χ4n) is 3.92. The molecular weight excluding hydrogens is 376 g/mol. The molecule has 0 radical (unpaired) electrons. The van der Waals surface area contributed by atoms with Crippen LogP contribution < -0.4 is 14.9 Å². The van der Waals surface area contributed by atoms with Gasteiger partial charge in [-0.1, -0.05) is 37.5 Å². The lowest BCUT2D eigenvalue weighted by Gasteiger charge is -2.37. The highest BCUT2D eigenvalue weighted by Crippen LogP contribution is 2.29. The summed E-state index contributed by atoms with van der Waals surface area (Å²) >= 11 is 0. The topological polar surface area (TPSA) is 91.4 Å². The van der Waals surface area contributed by atoms with Crippen molar-refractivity contribution in [3.8, 4) is 0 Å². The molecule has 8 heteroatoms. The number of para-hydroxylation sites is 1. The van der Waals surface area contributed by atoms with E-state index in [4.69, 9.17) is 0 Å². The number of aromatic nitrogens is 1. The van der Waals surface area contributed by atoms with Gasteiger partial charge in [0, 0.05) is 31.7 Å².